The molecule has 0 atom stereocenters. The number of ether oxygens (including phenoxy) is 2. The molecule has 0 saturated carbocycles. The maximum Gasteiger partial charge on any atom is 0.194 e. The first-order chi connectivity index (χ1) is 12.4. The third-order valence-electron chi connectivity index (χ3n) is 4.85. The number of fused-ring (bicyclic) bond motifs is 1. The summed E-state index contributed by atoms with van der Waals surface area (Å²) in [5.41, 5.74) is 2.89. The van der Waals surface area contributed by atoms with Crippen molar-refractivity contribution in [2.45, 2.75) is 45.3 Å². The monoisotopic (exact) mass is 345 g/mol. The van der Waals surface area contributed by atoms with E-state index in [9.17, 15) is 0 Å². The van der Waals surface area contributed by atoms with Crippen LogP contribution in [0.4, 0.5) is 0 Å². The summed E-state index contributed by atoms with van der Waals surface area (Å²) in [4.78, 5) is 7.19. The van der Waals surface area contributed by atoms with Crippen LogP contribution in [0.25, 0.3) is 0 Å². The summed E-state index contributed by atoms with van der Waals surface area (Å²) < 4.78 is 11.3. The van der Waals surface area contributed by atoms with Crippen molar-refractivity contribution in [2.24, 2.45) is 4.99 Å². The number of hydrogen-bond donors (Lipinski definition) is 1. The van der Waals surface area contributed by atoms with Crippen LogP contribution in [0.2, 0.25) is 0 Å². The van der Waals surface area contributed by atoms with Gasteiger partial charge in [0.25, 0.3) is 0 Å². The van der Waals surface area contributed by atoms with E-state index in [4.69, 9.17) is 14.5 Å². The van der Waals surface area contributed by atoms with Crippen LogP contribution < -0.4 is 5.32 Å². The molecule has 1 aromatic carbocycles. The molecule has 5 nitrogen and oxygen atoms in total. The molecule has 138 valence electrons. The zero-order valence-corrected chi connectivity index (χ0v) is 15.4. The van der Waals surface area contributed by atoms with Crippen LogP contribution in [-0.2, 0) is 22.4 Å². The first kappa shape index (κ1) is 18.2. The van der Waals surface area contributed by atoms with Crippen molar-refractivity contribution >= 4 is 5.96 Å². The Kier molecular flexibility index (Phi) is 7.12. The van der Waals surface area contributed by atoms with Gasteiger partial charge in [-0.1, -0.05) is 24.3 Å². The van der Waals surface area contributed by atoms with Gasteiger partial charge in [0.15, 0.2) is 5.96 Å². The average Bonchev–Trinajstić information content (AvgIpc) is 2.67. The number of nitrogens with zero attached hydrogens (tertiary/aromatic N) is 2. The fraction of sp³-hybridized carbons (Fsp3) is 0.650. The molecule has 1 N–H and O–H groups in total. The Balaban J connectivity index is 1.46. The van der Waals surface area contributed by atoms with Gasteiger partial charge in [-0.3, -0.25) is 4.99 Å². The Morgan fingerprint density at radius 1 is 1.28 bits per heavy atom. The molecule has 0 amide bonds. The number of guanidine groups is 1. The summed E-state index contributed by atoms with van der Waals surface area (Å²) >= 11 is 0. The van der Waals surface area contributed by atoms with E-state index in [1.165, 1.54) is 11.1 Å². The van der Waals surface area contributed by atoms with Crippen molar-refractivity contribution in [3.63, 3.8) is 0 Å². The third kappa shape index (κ3) is 5.44. The lowest BCUT2D eigenvalue weighted by Gasteiger charge is -2.31. The van der Waals surface area contributed by atoms with E-state index in [-0.39, 0.29) is 0 Å². The minimum absolute atomic E-state index is 0.379. The zero-order chi connectivity index (χ0) is 17.3. The molecule has 2 aliphatic heterocycles. The maximum atomic E-state index is 5.93. The van der Waals surface area contributed by atoms with Crippen LogP contribution in [0.3, 0.4) is 0 Å². The Bertz CT molecular complexity index is 556. The molecule has 1 saturated heterocycles. The van der Waals surface area contributed by atoms with Crippen LogP contribution in [0.1, 0.15) is 37.3 Å². The number of hydrogen-bond acceptors (Lipinski definition) is 3. The zero-order valence-electron chi connectivity index (χ0n) is 15.4. The van der Waals surface area contributed by atoms with E-state index in [1.54, 1.807) is 0 Å². The van der Waals surface area contributed by atoms with Gasteiger partial charge in [0, 0.05) is 46.0 Å². The molecule has 0 aromatic heterocycles. The first-order valence-corrected chi connectivity index (χ1v) is 9.66. The predicted octanol–water partition coefficient (Wildman–Crippen LogP) is 2.60. The van der Waals surface area contributed by atoms with E-state index >= 15 is 0 Å². The summed E-state index contributed by atoms with van der Waals surface area (Å²) in [5.74, 6) is 1.03. The summed E-state index contributed by atoms with van der Waals surface area (Å²) in [6.07, 6.45) is 4.49. The van der Waals surface area contributed by atoms with Crippen molar-refractivity contribution in [1.29, 1.82) is 0 Å². The second kappa shape index (κ2) is 9.78. The normalized spacial score (nSPS) is 18.9. The van der Waals surface area contributed by atoms with Crippen LogP contribution in [0, 0.1) is 0 Å². The second-order valence-corrected chi connectivity index (χ2v) is 6.71. The Labute approximate surface area is 151 Å². The van der Waals surface area contributed by atoms with Gasteiger partial charge in [-0.05, 0) is 43.7 Å². The van der Waals surface area contributed by atoms with Crippen molar-refractivity contribution in [2.75, 3.05) is 39.5 Å². The summed E-state index contributed by atoms with van der Waals surface area (Å²) in [6, 6.07) is 8.73. The largest absolute Gasteiger partial charge is 0.381 e. The van der Waals surface area contributed by atoms with Crippen molar-refractivity contribution < 1.29 is 9.47 Å². The van der Waals surface area contributed by atoms with Crippen molar-refractivity contribution in [3.8, 4) is 0 Å². The molecule has 25 heavy (non-hydrogen) atoms. The van der Waals surface area contributed by atoms with Crippen LogP contribution in [-0.4, -0.2) is 56.4 Å². The number of rotatable bonds is 6. The van der Waals surface area contributed by atoms with E-state index in [0.29, 0.717) is 6.10 Å². The fourth-order valence-electron chi connectivity index (χ4n) is 3.44. The minimum atomic E-state index is 0.379. The SMILES string of the molecule is CCNC(=NCCCOC1CCOCC1)N1CCc2ccccc2C1. The van der Waals surface area contributed by atoms with Gasteiger partial charge in [-0.2, -0.15) is 0 Å². The van der Waals surface area contributed by atoms with Crippen LogP contribution in [0.5, 0.6) is 0 Å². The van der Waals surface area contributed by atoms with E-state index in [0.717, 1.165) is 77.6 Å². The topological polar surface area (TPSA) is 46.1 Å². The van der Waals surface area contributed by atoms with Crippen molar-refractivity contribution in [1.82, 2.24) is 10.2 Å². The summed E-state index contributed by atoms with van der Waals surface area (Å²) in [7, 11) is 0. The molecule has 0 aliphatic carbocycles. The average molecular weight is 345 g/mol. The van der Waals surface area contributed by atoms with Gasteiger partial charge >= 0.3 is 0 Å². The highest BCUT2D eigenvalue weighted by Gasteiger charge is 2.18. The lowest BCUT2D eigenvalue weighted by Crippen LogP contribution is -2.44. The number of aliphatic imine (C=N–C) groups is 1. The summed E-state index contributed by atoms with van der Waals surface area (Å²) in [5, 5.41) is 3.44. The first-order valence-electron chi connectivity index (χ1n) is 9.66. The molecule has 5 heteroatoms. The van der Waals surface area contributed by atoms with Gasteiger partial charge < -0.3 is 19.7 Å². The molecule has 0 radical (unpaired) electrons. The van der Waals surface area contributed by atoms with E-state index in [1.807, 2.05) is 0 Å². The molecule has 0 unspecified atom stereocenters. The highest BCUT2D eigenvalue weighted by molar-refractivity contribution is 5.80. The standard InChI is InChI=1S/C20H31N3O2/c1-2-21-20(22-11-5-13-25-19-9-14-24-15-10-19)23-12-8-17-6-3-4-7-18(17)16-23/h3-4,6-7,19H,2,5,8-16H2,1H3,(H,21,22). The van der Waals surface area contributed by atoms with Crippen LogP contribution in [0.15, 0.2) is 29.3 Å². The van der Waals surface area contributed by atoms with E-state index < -0.39 is 0 Å². The van der Waals surface area contributed by atoms with Crippen molar-refractivity contribution in [3.05, 3.63) is 35.4 Å². The lowest BCUT2D eigenvalue weighted by atomic mass is 10.0. The van der Waals surface area contributed by atoms with Gasteiger partial charge in [0.1, 0.15) is 0 Å². The quantitative estimate of drug-likeness (QED) is 0.489. The molecule has 3 rings (SSSR count). The highest BCUT2D eigenvalue weighted by Crippen LogP contribution is 2.18. The number of benzene rings is 1. The Hall–Kier alpha value is -1.59. The second-order valence-electron chi connectivity index (χ2n) is 6.71. The maximum absolute atomic E-state index is 5.93. The van der Waals surface area contributed by atoms with Crippen LogP contribution >= 0.6 is 0 Å². The number of nitrogens with one attached hydrogen (secondary N) is 1. The Morgan fingerprint density at radius 2 is 2.08 bits per heavy atom. The van der Waals surface area contributed by atoms with Gasteiger partial charge in [0.05, 0.1) is 6.10 Å². The Morgan fingerprint density at radius 3 is 2.88 bits per heavy atom. The molecular weight excluding hydrogens is 314 g/mol. The van der Waals surface area contributed by atoms with Gasteiger partial charge in [-0.15, -0.1) is 0 Å². The molecule has 2 aliphatic rings. The molecular formula is C20H31N3O2. The predicted molar refractivity (Wildman–Crippen MR) is 101 cm³/mol. The lowest BCUT2D eigenvalue weighted by molar-refractivity contribution is -0.0318. The molecule has 0 bridgehead atoms. The fourth-order valence-corrected chi connectivity index (χ4v) is 3.44. The minimum Gasteiger partial charge on any atom is -0.381 e. The van der Waals surface area contributed by atoms with Gasteiger partial charge in [0.2, 0.25) is 0 Å². The molecule has 1 fully saturated rings. The molecule has 1 aromatic rings. The molecule has 2 heterocycles. The van der Waals surface area contributed by atoms with E-state index in [2.05, 4.69) is 41.4 Å². The molecule has 0 spiro atoms. The smallest absolute Gasteiger partial charge is 0.194 e. The highest BCUT2D eigenvalue weighted by atomic mass is 16.5. The van der Waals surface area contributed by atoms with Gasteiger partial charge in [-0.25, -0.2) is 0 Å². The third-order valence-corrected chi connectivity index (χ3v) is 4.85. The summed E-state index contributed by atoms with van der Waals surface area (Å²) in [6.45, 7) is 8.27.